The zero-order chi connectivity index (χ0) is 19.5. The number of thiazole rings is 1. The van der Waals surface area contributed by atoms with Gasteiger partial charge in [-0.25, -0.2) is 4.99 Å². The maximum atomic E-state index is 13.3. The van der Waals surface area contributed by atoms with Crippen molar-refractivity contribution in [3.05, 3.63) is 71.9 Å². The normalized spacial score (nSPS) is 25.3. The summed E-state index contributed by atoms with van der Waals surface area (Å²) in [5.74, 6) is -0.563. The van der Waals surface area contributed by atoms with Crippen molar-refractivity contribution in [2.24, 2.45) is 10.9 Å². The minimum atomic E-state index is -1.14. The Balaban J connectivity index is 1.83. The van der Waals surface area contributed by atoms with E-state index in [2.05, 4.69) is 0 Å². The molecule has 3 atom stereocenters. The zero-order valence-corrected chi connectivity index (χ0v) is 16.8. The lowest BCUT2D eigenvalue weighted by Crippen LogP contribution is -2.58. The number of nitrogens with zero attached hydrogens (tertiary/aromatic N) is 2. The highest BCUT2D eigenvalue weighted by Crippen LogP contribution is 2.47. The second-order valence-electron chi connectivity index (χ2n) is 6.84. The minimum absolute atomic E-state index is 0.158. The number of esters is 1. The first-order chi connectivity index (χ1) is 13.5. The van der Waals surface area contributed by atoms with E-state index in [1.54, 1.807) is 22.8 Å². The second kappa shape index (κ2) is 6.15. The maximum absolute atomic E-state index is 13.3. The highest BCUT2D eigenvalue weighted by Gasteiger charge is 2.55. The molecule has 1 aromatic carbocycles. The molecule has 3 aromatic rings. The number of thiophene rings is 1. The van der Waals surface area contributed by atoms with Crippen LogP contribution < -0.4 is 19.6 Å². The van der Waals surface area contributed by atoms with Crippen LogP contribution in [0.5, 0.6) is 5.75 Å². The fourth-order valence-electron chi connectivity index (χ4n) is 3.93. The fourth-order valence-corrected chi connectivity index (χ4v) is 5.76. The molecular formula is C20H16N2O4S2. The number of hydrogen-bond donors (Lipinski definition) is 0. The van der Waals surface area contributed by atoms with Crippen molar-refractivity contribution in [3.8, 4) is 5.75 Å². The molecule has 6 nitrogen and oxygen atoms in total. The van der Waals surface area contributed by atoms with Gasteiger partial charge in [0.2, 0.25) is 5.72 Å². The minimum Gasteiger partial charge on any atom is -0.469 e. The standard InChI is InChI=1S/C20H16N2O4S2/c1-20-15(18(24)25-2)16(12-7-3-4-8-13(12)26-20)22-17(23)14(28-19(22)21-20)10-11-6-5-9-27-11/h3-10,15-16H,1-2H3/b14-10+. The number of carbonyl (C=O) groups excluding carboxylic acids is 1. The van der Waals surface area contributed by atoms with Gasteiger partial charge in [0, 0.05) is 10.4 Å². The molecule has 5 rings (SSSR count). The molecule has 2 aromatic heterocycles. The number of ether oxygens (including phenoxy) is 2. The lowest BCUT2D eigenvalue weighted by atomic mass is 9.81. The number of aromatic nitrogens is 1. The Morgan fingerprint density at radius 1 is 1.32 bits per heavy atom. The van der Waals surface area contributed by atoms with Gasteiger partial charge in [0.15, 0.2) is 4.80 Å². The van der Waals surface area contributed by atoms with Gasteiger partial charge in [0.05, 0.1) is 17.7 Å². The SMILES string of the molecule is COC(=O)C1C2c3ccccc3OC1(C)N=c1s/c(=C/c3cccs3)c(=O)n12. The van der Waals surface area contributed by atoms with Crippen molar-refractivity contribution in [2.45, 2.75) is 18.7 Å². The zero-order valence-electron chi connectivity index (χ0n) is 15.1. The van der Waals surface area contributed by atoms with E-state index in [0.29, 0.717) is 15.1 Å². The first-order valence-corrected chi connectivity index (χ1v) is 10.4. The summed E-state index contributed by atoms with van der Waals surface area (Å²) >= 11 is 2.88. The molecular weight excluding hydrogens is 396 g/mol. The first kappa shape index (κ1) is 17.4. The number of hydrogen-bond acceptors (Lipinski definition) is 7. The molecule has 0 saturated carbocycles. The average molecular weight is 412 g/mol. The number of benzene rings is 1. The predicted molar refractivity (Wildman–Crippen MR) is 106 cm³/mol. The van der Waals surface area contributed by atoms with Gasteiger partial charge in [0.1, 0.15) is 11.7 Å². The van der Waals surface area contributed by atoms with E-state index in [4.69, 9.17) is 14.5 Å². The molecule has 0 spiro atoms. The van der Waals surface area contributed by atoms with E-state index >= 15 is 0 Å². The third-order valence-corrected chi connectivity index (χ3v) is 6.95. The third kappa shape index (κ3) is 2.41. The van der Waals surface area contributed by atoms with Crippen LogP contribution in [0.1, 0.15) is 23.4 Å². The molecule has 0 radical (unpaired) electrons. The van der Waals surface area contributed by atoms with Gasteiger partial charge < -0.3 is 9.47 Å². The van der Waals surface area contributed by atoms with Crippen LogP contribution in [0.3, 0.4) is 0 Å². The van der Waals surface area contributed by atoms with E-state index in [1.165, 1.54) is 18.4 Å². The Morgan fingerprint density at radius 2 is 2.14 bits per heavy atom. The topological polar surface area (TPSA) is 69.9 Å². The second-order valence-corrected chi connectivity index (χ2v) is 8.82. The Morgan fingerprint density at radius 3 is 2.89 bits per heavy atom. The molecule has 3 unspecified atom stereocenters. The van der Waals surface area contributed by atoms with Crippen LogP contribution in [-0.4, -0.2) is 23.4 Å². The smallest absolute Gasteiger partial charge is 0.317 e. The molecule has 0 aliphatic carbocycles. The van der Waals surface area contributed by atoms with Crippen molar-refractivity contribution >= 4 is 34.7 Å². The monoisotopic (exact) mass is 412 g/mol. The Hall–Kier alpha value is -2.71. The molecule has 0 fully saturated rings. The largest absolute Gasteiger partial charge is 0.469 e. The van der Waals surface area contributed by atoms with Gasteiger partial charge in [0.25, 0.3) is 5.56 Å². The summed E-state index contributed by atoms with van der Waals surface area (Å²) in [6, 6.07) is 10.8. The molecule has 142 valence electrons. The number of rotatable bonds is 2. The molecule has 2 aliphatic rings. The fraction of sp³-hybridized carbons (Fsp3) is 0.250. The summed E-state index contributed by atoms with van der Waals surface area (Å²) in [4.78, 5) is 32.2. The summed E-state index contributed by atoms with van der Waals surface area (Å²) in [6.07, 6.45) is 1.87. The highest BCUT2D eigenvalue weighted by atomic mass is 32.1. The van der Waals surface area contributed by atoms with Crippen LogP contribution in [0.15, 0.2) is 51.6 Å². The number of carbonyl (C=O) groups is 1. The van der Waals surface area contributed by atoms with Crippen LogP contribution >= 0.6 is 22.7 Å². The van der Waals surface area contributed by atoms with Crippen LogP contribution in [-0.2, 0) is 9.53 Å². The summed E-state index contributed by atoms with van der Waals surface area (Å²) in [6.45, 7) is 1.77. The van der Waals surface area contributed by atoms with Gasteiger partial charge in [-0.2, -0.15) is 0 Å². The first-order valence-electron chi connectivity index (χ1n) is 8.74. The Labute approximate surface area is 168 Å². The number of para-hydroxylation sites is 1. The predicted octanol–water partition coefficient (Wildman–Crippen LogP) is 1.92. The van der Waals surface area contributed by atoms with E-state index in [9.17, 15) is 9.59 Å². The van der Waals surface area contributed by atoms with Crippen molar-refractivity contribution in [1.82, 2.24) is 4.57 Å². The lowest BCUT2D eigenvalue weighted by molar-refractivity contribution is -0.158. The van der Waals surface area contributed by atoms with Gasteiger partial charge in [-0.15, -0.1) is 11.3 Å². The Kier molecular flexibility index (Phi) is 3.82. The summed E-state index contributed by atoms with van der Waals surface area (Å²) < 4.78 is 13.4. The highest BCUT2D eigenvalue weighted by molar-refractivity contribution is 7.11. The lowest BCUT2D eigenvalue weighted by Gasteiger charge is -2.44. The van der Waals surface area contributed by atoms with Crippen molar-refractivity contribution < 1.29 is 14.3 Å². The van der Waals surface area contributed by atoms with E-state index in [1.807, 2.05) is 47.9 Å². The summed E-state index contributed by atoms with van der Waals surface area (Å²) in [5, 5.41) is 1.97. The Bertz CT molecular complexity index is 1260. The van der Waals surface area contributed by atoms with E-state index in [0.717, 1.165) is 10.4 Å². The average Bonchev–Trinajstić information content (AvgIpc) is 3.28. The molecule has 0 N–H and O–H groups in total. The van der Waals surface area contributed by atoms with Crippen LogP contribution in [0.4, 0.5) is 0 Å². The third-order valence-electron chi connectivity index (χ3n) is 5.15. The van der Waals surface area contributed by atoms with Crippen LogP contribution in [0.25, 0.3) is 6.08 Å². The van der Waals surface area contributed by atoms with Gasteiger partial charge in [-0.3, -0.25) is 14.2 Å². The van der Waals surface area contributed by atoms with E-state index < -0.39 is 23.7 Å². The molecule has 8 heteroatoms. The van der Waals surface area contributed by atoms with Gasteiger partial charge >= 0.3 is 5.97 Å². The van der Waals surface area contributed by atoms with Crippen molar-refractivity contribution in [3.63, 3.8) is 0 Å². The maximum Gasteiger partial charge on any atom is 0.317 e. The molecule has 0 amide bonds. The summed E-state index contributed by atoms with van der Waals surface area (Å²) in [5.41, 5.74) is -0.507. The van der Waals surface area contributed by atoms with Crippen molar-refractivity contribution in [1.29, 1.82) is 0 Å². The van der Waals surface area contributed by atoms with Gasteiger partial charge in [-0.05, 0) is 30.5 Å². The molecule has 2 aliphatic heterocycles. The molecule has 2 bridgehead atoms. The van der Waals surface area contributed by atoms with Crippen molar-refractivity contribution in [2.75, 3.05) is 7.11 Å². The summed E-state index contributed by atoms with van der Waals surface area (Å²) in [7, 11) is 1.34. The molecule has 28 heavy (non-hydrogen) atoms. The van der Waals surface area contributed by atoms with E-state index in [-0.39, 0.29) is 5.56 Å². The number of fused-ring (bicyclic) bond motifs is 6. The molecule has 4 heterocycles. The number of methoxy groups -OCH3 is 1. The molecule has 0 saturated heterocycles. The van der Waals surface area contributed by atoms with Crippen LogP contribution in [0.2, 0.25) is 0 Å². The quantitative estimate of drug-likeness (QED) is 0.603. The van der Waals surface area contributed by atoms with Crippen LogP contribution in [0, 0.1) is 5.92 Å². The van der Waals surface area contributed by atoms with Gasteiger partial charge in [-0.1, -0.05) is 35.6 Å².